The zero-order valence-corrected chi connectivity index (χ0v) is 12.0. The lowest BCUT2D eigenvalue weighted by Crippen LogP contribution is -1.83. The number of rotatable bonds is 8. The molecule has 0 saturated carbocycles. The summed E-state index contributed by atoms with van der Waals surface area (Å²) in [5.41, 5.74) is 0. The molecule has 0 bridgehead atoms. The quantitative estimate of drug-likeness (QED) is 0.592. The molecule has 0 heterocycles. The summed E-state index contributed by atoms with van der Waals surface area (Å²) in [5, 5.41) is 3.72. The van der Waals surface area contributed by atoms with E-state index in [-0.39, 0.29) is 0 Å². The molecule has 0 radical (unpaired) electrons. The molecule has 0 aromatic rings. The van der Waals surface area contributed by atoms with Crippen molar-refractivity contribution in [2.24, 2.45) is 0 Å². The molecule has 0 aliphatic rings. The minimum Gasteiger partial charge on any atom is -0.323 e. The van der Waals surface area contributed by atoms with Gasteiger partial charge in [0.25, 0.3) is 0 Å². The minimum absolute atomic E-state index is 0.472. The van der Waals surface area contributed by atoms with E-state index in [0.29, 0.717) is 6.61 Å². The highest BCUT2D eigenvalue weighted by Gasteiger charge is 2.13. The van der Waals surface area contributed by atoms with Crippen molar-refractivity contribution >= 4 is 30.9 Å². The van der Waals surface area contributed by atoms with Gasteiger partial charge in [0.1, 0.15) is 0 Å². The lowest BCUT2D eigenvalue weighted by Gasteiger charge is -2.08. The first-order valence-corrected chi connectivity index (χ1v) is 8.87. The first-order valence-electron chi connectivity index (χ1n) is 5.01. The van der Waals surface area contributed by atoms with Crippen LogP contribution in [0.3, 0.4) is 0 Å². The van der Waals surface area contributed by atoms with Gasteiger partial charge in [-0.25, -0.2) is 0 Å². The van der Waals surface area contributed by atoms with Crippen LogP contribution >= 0.6 is 30.9 Å². The third-order valence-corrected chi connectivity index (χ3v) is 4.91. The van der Waals surface area contributed by atoms with Gasteiger partial charge in [0.15, 0.2) is 0 Å². The first-order chi connectivity index (χ1) is 7.18. The summed E-state index contributed by atoms with van der Waals surface area (Å²) in [6.07, 6.45) is 0. The van der Waals surface area contributed by atoms with Gasteiger partial charge in [0.2, 0.25) is 7.37 Å². The van der Waals surface area contributed by atoms with Crippen LogP contribution in [-0.4, -0.2) is 18.1 Å². The van der Waals surface area contributed by atoms with Crippen molar-refractivity contribution in [1.29, 1.82) is 0 Å². The summed E-state index contributed by atoms with van der Waals surface area (Å²) in [4.78, 5) is 0. The van der Waals surface area contributed by atoms with E-state index >= 15 is 0 Å². The second kappa shape index (κ2) is 9.59. The zero-order valence-electron chi connectivity index (χ0n) is 9.51. The molecule has 2 nitrogen and oxygen atoms in total. The van der Waals surface area contributed by atoms with Crippen LogP contribution in [0.2, 0.25) is 0 Å². The van der Waals surface area contributed by atoms with Crippen molar-refractivity contribution in [2.75, 3.05) is 18.1 Å². The van der Waals surface area contributed by atoms with Crippen LogP contribution in [0.25, 0.3) is 0 Å². The fraction of sp³-hybridized carbons (Fsp3) is 0.600. The third kappa shape index (κ3) is 8.21. The largest absolute Gasteiger partial charge is 0.323 e. The monoisotopic (exact) mass is 266 g/mol. The molecule has 0 N–H and O–H groups in total. The topological polar surface area (TPSA) is 26.3 Å². The number of thioether (sulfide) groups is 2. The van der Waals surface area contributed by atoms with Crippen molar-refractivity contribution in [2.45, 2.75) is 20.8 Å². The molecular formula is C10H19O2PS2. The van der Waals surface area contributed by atoms with Gasteiger partial charge in [-0.2, -0.15) is 0 Å². The van der Waals surface area contributed by atoms with Crippen LogP contribution < -0.4 is 0 Å². The molecule has 0 aromatic carbocycles. The molecule has 0 aromatic heterocycles. The van der Waals surface area contributed by atoms with E-state index in [1.165, 1.54) is 0 Å². The van der Waals surface area contributed by atoms with Crippen molar-refractivity contribution in [3.05, 3.63) is 22.5 Å². The molecule has 0 aliphatic carbocycles. The predicted octanol–water partition coefficient (Wildman–Crippen LogP) is 4.75. The molecule has 0 aliphatic heterocycles. The third-order valence-electron chi connectivity index (χ3n) is 1.39. The molecular weight excluding hydrogens is 247 g/mol. The van der Waals surface area contributed by atoms with E-state index < -0.39 is 7.37 Å². The molecule has 15 heavy (non-hydrogen) atoms. The van der Waals surface area contributed by atoms with E-state index in [1.807, 2.05) is 17.7 Å². The average molecular weight is 266 g/mol. The highest BCUT2D eigenvalue weighted by Crippen LogP contribution is 2.51. The Labute approximate surface area is 101 Å². The van der Waals surface area contributed by atoms with Crippen LogP contribution in [0.4, 0.5) is 0 Å². The van der Waals surface area contributed by atoms with Gasteiger partial charge < -0.3 is 4.52 Å². The summed E-state index contributed by atoms with van der Waals surface area (Å²) in [6, 6.07) is 0. The van der Waals surface area contributed by atoms with Crippen LogP contribution in [0.1, 0.15) is 20.8 Å². The van der Waals surface area contributed by atoms with Crippen molar-refractivity contribution in [1.82, 2.24) is 0 Å². The Bertz CT molecular complexity index is 232. The van der Waals surface area contributed by atoms with E-state index in [0.717, 1.165) is 11.5 Å². The Morgan fingerprint density at radius 1 is 1.07 bits per heavy atom. The van der Waals surface area contributed by atoms with E-state index in [1.54, 1.807) is 35.2 Å². The molecule has 0 saturated heterocycles. The maximum absolute atomic E-state index is 12.1. The summed E-state index contributed by atoms with van der Waals surface area (Å²) in [7, 11) is -2.68. The molecule has 0 spiro atoms. The minimum atomic E-state index is -2.68. The van der Waals surface area contributed by atoms with Gasteiger partial charge in [0.05, 0.1) is 6.61 Å². The number of hydrogen-bond donors (Lipinski definition) is 0. The van der Waals surface area contributed by atoms with Crippen molar-refractivity contribution in [3.8, 4) is 0 Å². The summed E-state index contributed by atoms with van der Waals surface area (Å²) < 4.78 is 17.4. The lowest BCUT2D eigenvalue weighted by atomic mass is 10.9. The second-order valence-corrected chi connectivity index (χ2v) is 7.05. The Balaban J connectivity index is 4.37. The molecule has 0 atom stereocenters. The maximum Gasteiger partial charge on any atom is 0.248 e. The summed E-state index contributed by atoms with van der Waals surface area (Å²) in [6.45, 7) is 6.45. The first kappa shape index (κ1) is 15.4. The Morgan fingerprint density at radius 2 is 1.53 bits per heavy atom. The van der Waals surface area contributed by atoms with Gasteiger partial charge in [-0.15, -0.1) is 23.5 Å². The molecule has 0 amide bonds. The van der Waals surface area contributed by atoms with Crippen LogP contribution in [0, 0.1) is 0 Å². The predicted molar refractivity (Wildman–Crippen MR) is 73.8 cm³/mol. The van der Waals surface area contributed by atoms with Gasteiger partial charge in [0, 0.05) is 11.6 Å². The molecule has 0 unspecified atom stereocenters. The van der Waals surface area contributed by atoms with Crippen LogP contribution in [0.5, 0.6) is 0 Å². The lowest BCUT2D eigenvalue weighted by molar-refractivity contribution is 0.346. The highest BCUT2D eigenvalue weighted by molar-refractivity contribution is 8.02. The Kier molecular flexibility index (Phi) is 9.82. The van der Waals surface area contributed by atoms with E-state index in [2.05, 4.69) is 13.8 Å². The smallest absolute Gasteiger partial charge is 0.248 e. The van der Waals surface area contributed by atoms with Gasteiger partial charge in [-0.05, 0) is 29.2 Å². The Morgan fingerprint density at radius 3 is 1.87 bits per heavy atom. The molecule has 0 fully saturated rings. The second-order valence-electron chi connectivity index (χ2n) is 2.54. The average Bonchev–Trinajstić information content (AvgIpc) is 2.19. The zero-order chi connectivity index (χ0) is 11.6. The van der Waals surface area contributed by atoms with Crippen LogP contribution in [-0.2, 0) is 9.09 Å². The number of hydrogen-bond acceptors (Lipinski definition) is 4. The summed E-state index contributed by atoms with van der Waals surface area (Å²) >= 11 is 3.25. The Hall–Kier alpha value is 0.370. The maximum atomic E-state index is 12.1. The van der Waals surface area contributed by atoms with E-state index in [9.17, 15) is 4.57 Å². The normalized spacial score (nSPS) is 16.2. The fourth-order valence-corrected chi connectivity index (χ4v) is 3.89. The highest BCUT2D eigenvalue weighted by atomic mass is 32.2. The van der Waals surface area contributed by atoms with E-state index in [4.69, 9.17) is 4.52 Å². The van der Waals surface area contributed by atoms with Gasteiger partial charge in [-0.3, -0.25) is 4.57 Å². The molecule has 0 rings (SSSR count). The fourth-order valence-electron chi connectivity index (χ4n) is 0.786. The van der Waals surface area contributed by atoms with Crippen molar-refractivity contribution < 1.29 is 9.09 Å². The van der Waals surface area contributed by atoms with Gasteiger partial charge in [-0.1, -0.05) is 13.8 Å². The molecule has 88 valence electrons. The van der Waals surface area contributed by atoms with Crippen molar-refractivity contribution in [3.63, 3.8) is 0 Å². The summed E-state index contributed by atoms with van der Waals surface area (Å²) in [5.74, 6) is 5.32. The molecule has 5 heteroatoms. The SMILES string of the molecule is CCOP(=O)(C=CSCC)C=CSCC. The standard InChI is InChI=1S/C10H19O2PS2/c1-4-12-13(11,7-9-14-5-2)8-10-15-6-3/h7-10H,4-6H2,1-3H3. The van der Waals surface area contributed by atoms with Gasteiger partial charge >= 0.3 is 0 Å². The van der Waals surface area contributed by atoms with Crippen LogP contribution in [0.15, 0.2) is 22.5 Å².